The van der Waals surface area contributed by atoms with Crippen LogP contribution in [0, 0.1) is 5.41 Å². The highest BCUT2D eigenvalue weighted by Gasteiger charge is 2.36. The van der Waals surface area contributed by atoms with Gasteiger partial charge in [-0.25, -0.2) is 0 Å². The lowest BCUT2D eigenvalue weighted by Crippen LogP contribution is -2.62. The first-order valence-corrected chi connectivity index (χ1v) is 10.2. The van der Waals surface area contributed by atoms with Crippen LogP contribution in [0.25, 0.3) is 0 Å². The van der Waals surface area contributed by atoms with Crippen LogP contribution in [0.15, 0.2) is 0 Å². The van der Waals surface area contributed by atoms with Crippen LogP contribution in [-0.4, -0.2) is 85.2 Å². The third-order valence-corrected chi connectivity index (χ3v) is 5.77. The minimum absolute atomic E-state index is 0.00680. The van der Waals surface area contributed by atoms with Crippen molar-refractivity contribution in [2.45, 2.75) is 52.2 Å². The van der Waals surface area contributed by atoms with Crippen molar-refractivity contribution >= 4 is 11.8 Å². The second kappa shape index (κ2) is 8.78. The third-order valence-electron chi connectivity index (χ3n) is 5.77. The summed E-state index contributed by atoms with van der Waals surface area (Å²) in [5.74, 6) is 0.0136. The molecule has 0 radical (unpaired) electrons. The van der Waals surface area contributed by atoms with Crippen molar-refractivity contribution < 1.29 is 9.59 Å². The number of nitrogens with one attached hydrogen (secondary N) is 2. The molecule has 7 nitrogen and oxygen atoms in total. The zero-order valence-corrected chi connectivity index (χ0v) is 16.4. The van der Waals surface area contributed by atoms with Gasteiger partial charge in [0.1, 0.15) is 6.29 Å². The molecule has 0 saturated carbocycles. The summed E-state index contributed by atoms with van der Waals surface area (Å²) in [5.41, 5.74) is -0.174. The lowest BCUT2D eigenvalue weighted by atomic mass is 9.82. The molecular formula is C19H35N5O2. The molecule has 0 unspecified atom stereocenters. The number of unbranched alkanes of at least 4 members (excludes halogenated alkanes) is 1. The number of amides is 2. The summed E-state index contributed by atoms with van der Waals surface area (Å²) in [4.78, 5) is 30.8. The Morgan fingerprint density at radius 1 is 0.923 bits per heavy atom. The monoisotopic (exact) mass is 365 g/mol. The average molecular weight is 366 g/mol. The Morgan fingerprint density at radius 3 is 2.12 bits per heavy atom. The van der Waals surface area contributed by atoms with E-state index in [9.17, 15) is 9.59 Å². The second-order valence-electron chi connectivity index (χ2n) is 8.71. The largest absolute Gasteiger partial charge is 0.301 e. The van der Waals surface area contributed by atoms with E-state index in [4.69, 9.17) is 0 Å². The van der Waals surface area contributed by atoms with Crippen molar-refractivity contribution in [1.29, 1.82) is 0 Å². The van der Waals surface area contributed by atoms with E-state index in [0.29, 0.717) is 25.7 Å². The summed E-state index contributed by atoms with van der Waals surface area (Å²) >= 11 is 0. The zero-order valence-electron chi connectivity index (χ0n) is 16.4. The molecule has 2 N–H and O–H groups in total. The Hall–Kier alpha value is -1.02. The van der Waals surface area contributed by atoms with Gasteiger partial charge in [-0.3, -0.25) is 30.0 Å². The molecule has 2 amide bonds. The van der Waals surface area contributed by atoms with Gasteiger partial charge in [0.25, 0.3) is 0 Å². The minimum atomic E-state index is -0.174. The van der Waals surface area contributed by atoms with E-state index >= 15 is 0 Å². The molecule has 0 aromatic carbocycles. The first-order valence-electron chi connectivity index (χ1n) is 10.2. The molecular weight excluding hydrogens is 330 g/mol. The Bertz CT molecular complexity index is 476. The van der Waals surface area contributed by atoms with E-state index in [-0.39, 0.29) is 17.2 Å². The first kappa shape index (κ1) is 19.7. The Balaban J connectivity index is 1.31. The molecule has 0 aliphatic carbocycles. The number of imide groups is 1. The highest BCUT2D eigenvalue weighted by molar-refractivity contribution is 5.98. The molecule has 3 saturated heterocycles. The number of carbonyl (C=O) groups is 2. The number of hydrogen-bond donors (Lipinski definition) is 2. The van der Waals surface area contributed by atoms with Crippen molar-refractivity contribution in [1.82, 2.24) is 25.3 Å². The summed E-state index contributed by atoms with van der Waals surface area (Å²) in [6.45, 7) is 12.2. The maximum Gasteiger partial charge on any atom is 0.229 e. The fraction of sp³-hybridized carbons (Fsp3) is 0.895. The summed E-state index contributed by atoms with van der Waals surface area (Å²) < 4.78 is 0. The molecule has 0 bridgehead atoms. The van der Waals surface area contributed by atoms with E-state index in [1.165, 1.54) is 11.3 Å². The topological polar surface area (TPSA) is 67.9 Å². The molecule has 7 heteroatoms. The van der Waals surface area contributed by atoms with Crippen LogP contribution in [0.5, 0.6) is 0 Å². The number of piperidine rings is 1. The second-order valence-corrected chi connectivity index (χ2v) is 8.71. The third kappa shape index (κ3) is 5.25. The molecule has 3 rings (SSSR count). The van der Waals surface area contributed by atoms with Gasteiger partial charge in [-0.1, -0.05) is 13.8 Å². The van der Waals surface area contributed by atoms with Crippen LogP contribution in [0.4, 0.5) is 0 Å². The van der Waals surface area contributed by atoms with Gasteiger partial charge in [0.2, 0.25) is 11.8 Å². The van der Waals surface area contributed by atoms with Gasteiger partial charge in [0.05, 0.1) is 0 Å². The molecule has 0 aromatic rings. The Kier molecular flexibility index (Phi) is 6.66. The Morgan fingerprint density at radius 2 is 1.50 bits per heavy atom. The molecule has 3 aliphatic rings. The van der Waals surface area contributed by atoms with Gasteiger partial charge in [0, 0.05) is 45.6 Å². The highest BCUT2D eigenvalue weighted by atomic mass is 16.2. The summed E-state index contributed by atoms with van der Waals surface area (Å²) in [5, 5.41) is 7.07. The predicted molar refractivity (Wildman–Crippen MR) is 101 cm³/mol. The summed E-state index contributed by atoms with van der Waals surface area (Å²) in [6.07, 6.45) is 4.47. The number of piperazine rings is 1. The molecule has 0 aromatic heterocycles. The van der Waals surface area contributed by atoms with Gasteiger partial charge < -0.3 is 4.90 Å². The number of rotatable bonds is 6. The van der Waals surface area contributed by atoms with Gasteiger partial charge >= 0.3 is 0 Å². The quantitative estimate of drug-likeness (QED) is 0.525. The molecule has 3 heterocycles. The zero-order chi connectivity index (χ0) is 18.6. The highest BCUT2D eigenvalue weighted by Crippen LogP contribution is 2.31. The normalized spacial score (nSPS) is 26.5. The number of carbonyl (C=O) groups excluding carboxylic acids is 2. The molecule has 3 aliphatic heterocycles. The standard InChI is InChI=1S/C19H35N5O2/c1-19(2)14-16(25)24(17(26)15-19)9-4-3-8-22-10-12-23(13-11-22)18-20-6-5-7-21-18/h18,20-21H,3-15H2,1-2H3. The molecule has 148 valence electrons. The van der Waals surface area contributed by atoms with Crippen molar-refractivity contribution in [3.8, 4) is 0 Å². The fourth-order valence-electron chi connectivity index (χ4n) is 4.21. The van der Waals surface area contributed by atoms with Gasteiger partial charge in [0.15, 0.2) is 0 Å². The van der Waals surface area contributed by atoms with Gasteiger partial charge in [-0.05, 0) is 44.3 Å². The summed E-state index contributed by atoms with van der Waals surface area (Å²) in [7, 11) is 0. The molecule has 3 fully saturated rings. The Labute approximate surface area is 157 Å². The van der Waals surface area contributed by atoms with Crippen molar-refractivity contribution in [3.63, 3.8) is 0 Å². The minimum Gasteiger partial charge on any atom is -0.301 e. The molecule has 26 heavy (non-hydrogen) atoms. The SMILES string of the molecule is CC1(C)CC(=O)N(CCCCN2CCN(C3NCCCN3)CC2)C(=O)C1. The van der Waals surface area contributed by atoms with E-state index in [1.54, 1.807) is 0 Å². The number of nitrogens with zero attached hydrogens (tertiary/aromatic N) is 3. The average Bonchev–Trinajstić information content (AvgIpc) is 2.61. The fourth-order valence-corrected chi connectivity index (χ4v) is 4.21. The van der Waals surface area contributed by atoms with Crippen molar-refractivity contribution in [3.05, 3.63) is 0 Å². The number of hydrogen-bond acceptors (Lipinski definition) is 6. The van der Waals surface area contributed by atoms with Crippen LogP contribution in [0.2, 0.25) is 0 Å². The molecule has 0 spiro atoms. The maximum absolute atomic E-state index is 12.2. The van der Waals surface area contributed by atoms with E-state index in [2.05, 4.69) is 20.4 Å². The van der Waals surface area contributed by atoms with Crippen molar-refractivity contribution in [2.75, 3.05) is 52.4 Å². The maximum atomic E-state index is 12.2. The van der Waals surface area contributed by atoms with E-state index in [0.717, 1.165) is 58.7 Å². The lowest BCUT2D eigenvalue weighted by molar-refractivity contribution is -0.152. The van der Waals surface area contributed by atoms with Gasteiger partial charge in [-0.2, -0.15) is 0 Å². The summed E-state index contributed by atoms with van der Waals surface area (Å²) in [6, 6.07) is 0. The van der Waals surface area contributed by atoms with Crippen molar-refractivity contribution in [2.24, 2.45) is 5.41 Å². The van der Waals surface area contributed by atoms with E-state index in [1.807, 2.05) is 13.8 Å². The van der Waals surface area contributed by atoms with Crippen LogP contribution in [0.3, 0.4) is 0 Å². The molecule has 0 atom stereocenters. The number of likely N-dealkylation sites (tertiary alicyclic amines) is 1. The van der Waals surface area contributed by atoms with Crippen LogP contribution >= 0.6 is 0 Å². The van der Waals surface area contributed by atoms with Crippen LogP contribution in [0.1, 0.15) is 46.0 Å². The van der Waals surface area contributed by atoms with E-state index < -0.39 is 0 Å². The van der Waals surface area contributed by atoms with Crippen LogP contribution < -0.4 is 10.6 Å². The van der Waals surface area contributed by atoms with Crippen LogP contribution in [-0.2, 0) is 9.59 Å². The smallest absolute Gasteiger partial charge is 0.229 e. The lowest BCUT2D eigenvalue weighted by Gasteiger charge is -2.41. The van der Waals surface area contributed by atoms with Gasteiger partial charge in [-0.15, -0.1) is 0 Å². The first-order chi connectivity index (χ1) is 12.4. The predicted octanol–water partition coefficient (Wildman–Crippen LogP) is 0.426.